The molecule has 0 radical (unpaired) electrons. The van der Waals surface area contributed by atoms with Gasteiger partial charge in [0.1, 0.15) is 23.0 Å². The molecule has 4 aliphatic rings. The van der Waals surface area contributed by atoms with E-state index < -0.39 is 0 Å². The van der Waals surface area contributed by atoms with Crippen molar-refractivity contribution in [3.8, 4) is 23.0 Å². The Balaban J connectivity index is 0.653. The zero-order chi connectivity index (χ0) is 44.5. The summed E-state index contributed by atoms with van der Waals surface area (Å²) in [5.74, 6) is 3.93. The molecule has 12 rings (SSSR count). The predicted octanol–water partition coefficient (Wildman–Crippen LogP) is 11.9. The minimum absolute atomic E-state index is 0.514. The molecule has 0 bridgehead atoms. The summed E-state index contributed by atoms with van der Waals surface area (Å²) in [4.78, 5) is 9.16. The van der Waals surface area contributed by atoms with Crippen molar-refractivity contribution in [2.45, 2.75) is 45.4 Å². The molecule has 0 aromatic heterocycles. The van der Waals surface area contributed by atoms with Gasteiger partial charge in [0, 0.05) is 77.6 Å². The zero-order valence-electron chi connectivity index (χ0n) is 37.5. The third kappa shape index (κ3) is 8.71. The average molecular weight is 881 g/mol. The molecule has 0 atom stereocenters. The van der Waals surface area contributed by atoms with Crippen LogP contribution in [0.1, 0.15) is 55.6 Å². The summed E-state index contributed by atoms with van der Waals surface area (Å²) in [5.41, 5.74) is 17.1. The number of rotatable bonds is 10. The molecular weight excluding hydrogens is 829 g/mol. The summed E-state index contributed by atoms with van der Waals surface area (Å²) >= 11 is 0. The van der Waals surface area contributed by atoms with Crippen molar-refractivity contribution in [1.29, 1.82) is 0 Å². The standard InChI is InChI=1S/C59H52N4O4/c1-3-10-52(11-4-1)61-35-49-31-44(18-25-56(49)64-38-61)29-45-19-26-57-50(32-45)37-63(40-66-57)55-23-16-43(17-24-55)28-42-14-21-54(22-15-42)60-34-48-9-7-8-47(59(48)67-41-60)30-46-20-27-58-51(33-46)36-62(39-65-58)53-12-5-2-6-13-53/h1-27,31-33H,28-30,34-41H2. The Hall–Kier alpha value is -7.84. The molecule has 4 heterocycles. The summed E-state index contributed by atoms with van der Waals surface area (Å²) in [6.45, 7) is 5.44. The average Bonchev–Trinajstić information content (AvgIpc) is 3.39. The monoisotopic (exact) mass is 880 g/mol. The summed E-state index contributed by atoms with van der Waals surface area (Å²) in [6.07, 6.45) is 2.52. The van der Waals surface area contributed by atoms with E-state index >= 15 is 0 Å². The Bertz CT molecular complexity index is 2990. The molecule has 0 fully saturated rings. The van der Waals surface area contributed by atoms with Gasteiger partial charge in [-0.2, -0.15) is 0 Å². The van der Waals surface area contributed by atoms with Gasteiger partial charge in [-0.1, -0.05) is 97.1 Å². The second kappa shape index (κ2) is 17.9. The van der Waals surface area contributed by atoms with Crippen molar-refractivity contribution < 1.29 is 18.9 Å². The quantitative estimate of drug-likeness (QED) is 0.135. The molecule has 0 aliphatic carbocycles. The number of ether oxygens (including phenoxy) is 4. The number of fused-ring (bicyclic) bond motifs is 4. The molecule has 4 aliphatic heterocycles. The van der Waals surface area contributed by atoms with Crippen LogP contribution in [0.2, 0.25) is 0 Å². The molecule has 0 amide bonds. The van der Waals surface area contributed by atoms with Crippen LogP contribution in [-0.4, -0.2) is 26.9 Å². The molecule has 0 N–H and O–H groups in total. The van der Waals surface area contributed by atoms with Crippen LogP contribution in [0.25, 0.3) is 0 Å². The Kier molecular flexibility index (Phi) is 10.8. The molecule has 8 nitrogen and oxygen atoms in total. The van der Waals surface area contributed by atoms with Crippen LogP contribution >= 0.6 is 0 Å². The van der Waals surface area contributed by atoms with Gasteiger partial charge in [-0.25, -0.2) is 0 Å². The highest BCUT2D eigenvalue weighted by atomic mass is 16.5. The van der Waals surface area contributed by atoms with Gasteiger partial charge in [0.05, 0.1) is 0 Å². The molecule has 67 heavy (non-hydrogen) atoms. The van der Waals surface area contributed by atoms with E-state index in [1.807, 2.05) is 6.07 Å². The molecule has 8 aromatic carbocycles. The molecular formula is C59H52N4O4. The second-order valence-electron chi connectivity index (χ2n) is 18.2. The van der Waals surface area contributed by atoms with E-state index in [-0.39, 0.29) is 0 Å². The summed E-state index contributed by atoms with van der Waals surface area (Å²) < 4.78 is 25.1. The largest absolute Gasteiger partial charge is 0.473 e. The van der Waals surface area contributed by atoms with Gasteiger partial charge in [0.2, 0.25) is 0 Å². The van der Waals surface area contributed by atoms with Crippen LogP contribution in [0.3, 0.4) is 0 Å². The van der Waals surface area contributed by atoms with Crippen molar-refractivity contribution in [3.05, 3.63) is 238 Å². The van der Waals surface area contributed by atoms with E-state index in [0.717, 1.165) is 79.8 Å². The number of hydrogen-bond acceptors (Lipinski definition) is 8. The van der Waals surface area contributed by atoms with Gasteiger partial charge in [0.15, 0.2) is 26.9 Å². The van der Waals surface area contributed by atoms with Crippen molar-refractivity contribution in [3.63, 3.8) is 0 Å². The van der Waals surface area contributed by atoms with E-state index in [1.165, 1.54) is 67.0 Å². The molecule has 0 spiro atoms. The fourth-order valence-electron chi connectivity index (χ4n) is 9.98. The molecule has 8 aromatic rings. The highest BCUT2D eigenvalue weighted by Gasteiger charge is 2.24. The molecule has 0 saturated carbocycles. The smallest absolute Gasteiger partial charge is 0.161 e. The predicted molar refractivity (Wildman–Crippen MR) is 267 cm³/mol. The van der Waals surface area contributed by atoms with E-state index in [0.29, 0.717) is 26.9 Å². The summed E-state index contributed by atoms with van der Waals surface area (Å²) in [7, 11) is 0. The number of benzene rings is 8. The normalized spacial score (nSPS) is 14.9. The van der Waals surface area contributed by atoms with E-state index in [9.17, 15) is 0 Å². The SMILES string of the molecule is c1ccc(N2COc3ccc(Cc4ccc5c(c4)CN(c4ccc(Cc6ccc(N7COc8c(Cc9ccc%10c(c9)CN(c9ccccc9)CO%10)cccc8C7)cc6)cc4)CO5)cc3C2)cc1. The first-order valence-corrected chi connectivity index (χ1v) is 23.4. The maximum atomic E-state index is 6.52. The van der Waals surface area contributed by atoms with Crippen molar-refractivity contribution in [1.82, 2.24) is 0 Å². The highest BCUT2D eigenvalue weighted by Crippen LogP contribution is 2.36. The van der Waals surface area contributed by atoms with Crippen LogP contribution in [0.5, 0.6) is 23.0 Å². The molecule has 332 valence electrons. The Morgan fingerprint density at radius 2 is 0.672 bits per heavy atom. The first-order chi connectivity index (χ1) is 33.1. The third-order valence-corrected chi connectivity index (χ3v) is 13.5. The minimum atomic E-state index is 0.514. The van der Waals surface area contributed by atoms with E-state index in [2.05, 4.69) is 196 Å². The van der Waals surface area contributed by atoms with Gasteiger partial charge in [0.25, 0.3) is 0 Å². The Labute approximate surface area is 392 Å². The van der Waals surface area contributed by atoms with Gasteiger partial charge in [-0.05, 0) is 131 Å². The maximum absolute atomic E-state index is 6.52. The second-order valence-corrected chi connectivity index (χ2v) is 18.2. The fourth-order valence-corrected chi connectivity index (χ4v) is 9.98. The fraction of sp³-hybridized carbons (Fsp3) is 0.186. The van der Waals surface area contributed by atoms with Crippen LogP contribution < -0.4 is 38.5 Å². The zero-order valence-corrected chi connectivity index (χ0v) is 37.5. The van der Waals surface area contributed by atoms with Gasteiger partial charge >= 0.3 is 0 Å². The maximum Gasteiger partial charge on any atom is 0.161 e. The number of hydrogen-bond donors (Lipinski definition) is 0. The van der Waals surface area contributed by atoms with E-state index in [4.69, 9.17) is 18.9 Å². The molecule has 8 heteroatoms. The van der Waals surface area contributed by atoms with Crippen LogP contribution in [-0.2, 0) is 45.4 Å². The van der Waals surface area contributed by atoms with Gasteiger partial charge in [-0.15, -0.1) is 0 Å². The molecule has 0 saturated heterocycles. The third-order valence-electron chi connectivity index (χ3n) is 13.5. The van der Waals surface area contributed by atoms with Crippen LogP contribution in [0.15, 0.2) is 182 Å². The number of anilines is 4. The number of para-hydroxylation sites is 3. The summed E-state index contributed by atoms with van der Waals surface area (Å²) in [5, 5.41) is 0. The first kappa shape index (κ1) is 40.7. The Morgan fingerprint density at radius 3 is 1.13 bits per heavy atom. The van der Waals surface area contributed by atoms with E-state index in [1.54, 1.807) is 0 Å². The van der Waals surface area contributed by atoms with Gasteiger partial charge in [-0.3, -0.25) is 0 Å². The summed E-state index contributed by atoms with van der Waals surface area (Å²) in [6, 6.07) is 65.3. The first-order valence-electron chi connectivity index (χ1n) is 23.4. The lowest BCUT2D eigenvalue weighted by Gasteiger charge is -2.32. The van der Waals surface area contributed by atoms with Crippen LogP contribution in [0.4, 0.5) is 22.7 Å². The van der Waals surface area contributed by atoms with Crippen molar-refractivity contribution in [2.24, 2.45) is 0 Å². The Morgan fingerprint density at radius 1 is 0.299 bits per heavy atom. The topological polar surface area (TPSA) is 49.9 Å². The lowest BCUT2D eigenvalue weighted by Crippen LogP contribution is -2.32. The lowest BCUT2D eigenvalue weighted by molar-refractivity contribution is 0.286. The van der Waals surface area contributed by atoms with Crippen LogP contribution in [0, 0.1) is 0 Å². The highest BCUT2D eigenvalue weighted by molar-refractivity contribution is 5.57. The molecule has 0 unspecified atom stereocenters. The lowest BCUT2D eigenvalue weighted by atomic mass is 9.98. The van der Waals surface area contributed by atoms with Gasteiger partial charge < -0.3 is 38.5 Å². The minimum Gasteiger partial charge on any atom is -0.473 e. The van der Waals surface area contributed by atoms with Crippen molar-refractivity contribution in [2.75, 3.05) is 46.5 Å². The number of nitrogens with zero attached hydrogens (tertiary/aromatic N) is 4. The van der Waals surface area contributed by atoms with Crippen molar-refractivity contribution >= 4 is 22.7 Å².